The summed E-state index contributed by atoms with van der Waals surface area (Å²) in [6, 6.07) is 14.1. The third-order valence-corrected chi connectivity index (χ3v) is 5.36. The van der Waals surface area contributed by atoms with Gasteiger partial charge in [-0.15, -0.1) is 0 Å². The number of pyridine rings is 1. The predicted octanol–water partition coefficient (Wildman–Crippen LogP) is 3.65. The molecule has 0 saturated carbocycles. The van der Waals surface area contributed by atoms with Crippen molar-refractivity contribution in [2.45, 2.75) is 11.5 Å². The Kier molecular flexibility index (Phi) is 4.74. The maximum absolute atomic E-state index is 13.7. The van der Waals surface area contributed by atoms with Gasteiger partial charge in [0.2, 0.25) is 5.82 Å². The Labute approximate surface area is 159 Å². The highest BCUT2D eigenvalue weighted by atomic mass is 32.2. The van der Waals surface area contributed by atoms with Gasteiger partial charge in [-0.2, -0.15) is 4.98 Å². The van der Waals surface area contributed by atoms with E-state index in [1.165, 1.54) is 24.3 Å². The van der Waals surface area contributed by atoms with Gasteiger partial charge >= 0.3 is 0 Å². The van der Waals surface area contributed by atoms with E-state index >= 15 is 0 Å². The molecule has 28 heavy (non-hydrogen) atoms. The molecule has 4 rings (SSSR count). The van der Waals surface area contributed by atoms with E-state index in [9.17, 15) is 12.8 Å². The highest BCUT2D eigenvalue weighted by molar-refractivity contribution is 7.89. The summed E-state index contributed by atoms with van der Waals surface area (Å²) in [5, 5.41) is 3.84. The Hall–Kier alpha value is -3.33. The van der Waals surface area contributed by atoms with E-state index in [2.05, 4.69) is 15.1 Å². The number of halogens is 1. The molecular weight excluding hydrogens is 385 g/mol. The topological polar surface area (TPSA) is 99.1 Å². The lowest BCUT2D eigenvalue weighted by Gasteiger charge is -2.04. The number of sulfone groups is 1. The molecule has 7 nitrogen and oxygen atoms in total. The second-order valence-corrected chi connectivity index (χ2v) is 8.09. The minimum absolute atomic E-state index is 0.110. The summed E-state index contributed by atoms with van der Waals surface area (Å²) in [5.41, 5.74) is 0.655. The average molecular weight is 399 g/mol. The number of hydrogen-bond acceptors (Lipinski definition) is 7. The van der Waals surface area contributed by atoms with Crippen molar-refractivity contribution in [2.75, 3.05) is 0 Å². The Morgan fingerprint density at radius 1 is 0.964 bits per heavy atom. The van der Waals surface area contributed by atoms with Crippen LogP contribution >= 0.6 is 0 Å². The molecule has 0 fully saturated rings. The first-order chi connectivity index (χ1) is 13.5. The molecule has 0 N–H and O–H groups in total. The van der Waals surface area contributed by atoms with E-state index in [0.29, 0.717) is 11.5 Å². The van der Waals surface area contributed by atoms with Crippen LogP contribution in [0.2, 0.25) is 0 Å². The summed E-state index contributed by atoms with van der Waals surface area (Å²) in [4.78, 5) is 8.34. The predicted molar refractivity (Wildman–Crippen MR) is 98.0 cm³/mol. The van der Waals surface area contributed by atoms with Crippen molar-refractivity contribution in [2.24, 2.45) is 0 Å². The molecule has 142 valence electrons. The quantitative estimate of drug-likeness (QED) is 0.488. The standard InChI is InChI=1S/C19H14FN3O4S/c20-15-6-2-1-5-13(15)11-28(24,25)12-14-8-9-17(26-14)19-22-18(23-27-19)16-7-3-4-10-21-16/h1-10H,11-12H2. The minimum Gasteiger partial charge on any atom is -0.455 e. The summed E-state index contributed by atoms with van der Waals surface area (Å²) < 4.78 is 49.1. The van der Waals surface area contributed by atoms with Crippen molar-refractivity contribution in [3.8, 4) is 23.2 Å². The van der Waals surface area contributed by atoms with E-state index in [0.717, 1.165) is 0 Å². The lowest BCUT2D eigenvalue weighted by Crippen LogP contribution is -2.08. The molecule has 0 atom stereocenters. The monoisotopic (exact) mass is 399 g/mol. The van der Waals surface area contributed by atoms with Crippen molar-refractivity contribution >= 4 is 9.84 Å². The fraction of sp³-hybridized carbons (Fsp3) is 0.105. The zero-order chi connectivity index (χ0) is 19.6. The molecule has 0 radical (unpaired) electrons. The number of aromatic nitrogens is 3. The third-order valence-electron chi connectivity index (χ3n) is 3.89. The number of furan rings is 1. The lowest BCUT2D eigenvalue weighted by molar-refractivity contribution is 0.413. The van der Waals surface area contributed by atoms with Crippen LogP contribution in [0.1, 0.15) is 11.3 Å². The molecule has 0 saturated heterocycles. The van der Waals surface area contributed by atoms with E-state index in [-0.39, 0.29) is 28.7 Å². The third kappa shape index (κ3) is 3.99. The number of benzene rings is 1. The number of nitrogens with zero attached hydrogens (tertiary/aromatic N) is 3. The smallest absolute Gasteiger partial charge is 0.293 e. The van der Waals surface area contributed by atoms with Gasteiger partial charge in [-0.3, -0.25) is 4.98 Å². The highest BCUT2D eigenvalue weighted by Gasteiger charge is 2.20. The molecule has 3 heterocycles. The highest BCUT2D eigenvalue weighted by Crippen LogP contribution is 2.25. The van der Waals surface area contributed by atoms with Crippen molar-refractivity contribution in [1.82, 2.24) is 15.1 Å². The normalized spacial score (nSPS) is 11.6. The SMILES string of the molecule is O=S(=O)(Cc1ccc(-c2nc(-c3ccccn3)no2)o1)Cc1ccccc1F. The van der Waals surface area contributed by atoms with Gasteiger partial charge in [0.05, 0.1) is 5.75 Å². The Bertz CT molecular complexity index is 1200. The van der Waals surface area contributed by atoms with Crippen LogP contribution in [0.3, 0.4) is 0 Å². The van der Waals surface area contributed by atoms with Crippen LogP contribution < -0.4 is 0 Å². The molecule has 9 heteroatoms. The van der Waals surface area contributed by atoms with Crippen LogP contribution in [0.4, 0.5) is 4.39 Å². The van der Waals surface area contributed by atoms with Crippen molar-refractivity contribution in [1.29, 1.82) is 0 Å². The number of hydrogen-bond donors (Lipinski definition) is 0. The first kappa shape index (κ1) is 18.1. The summed E-state index contributed by atoms with van der Waals surface area (Å²) in [5.74, 6) is -0.504. The van der Waals surface area contributed by atoms with E-state index < -0.39 is 21.4 Å². The van der Waals surface area contributed by atoms with Crippen molar-refractivity contribution < 1.29 is 21.7 Å². The molecular formula is C19H14FN3O4S. The molecule has 0 bridgehead atoms. The van der Waals surface area contributed by atoms with Gasteiger partial charge in [-0.05, 0) is 30.3 Å². The molecule has 0 aliphatic carbocycles. The van der Waals surface area contributed by atoms with Gasteiger partial charge in [0.1, 0.15) is 23.0 Å². The van der Waals surface area contributed by atoms with Gasteiger partial charge in [-0.1, -0.05) is 29.4 Å². The second-order valence-electron chi connectivity index (χ2n) is 6.03. The van der Waals surface area contributed by atoms with E-state index in [4.69, 9.17) is 8.94 Å². The Morgan fingerprint density at radius 3 is 2.57 bits per heavy atom. The Morgan fingerprint density at radius 2 is 1.79 bits per heavy atom. The van der Waals surface area contributed by atoms with Gasteiger partial charge < -0.3 is 8.94 Å². The zero-order valence-electron chi connectivity index (χ0n) is 14.4. The van der Waals surface area contributed by atoms with Crippen LogP contribution in [-0.2, 0) is 21.3 Å². The van der Waals surface area contributed by atoms with Gasteiger partial charge in [-0.25, -0.2) is 12.8 Å². The van der Waals surface area contributed by atoms with Gasteiger partial charge in [0.25, 0.3) is 5.89 Å². The van der Waals surface area contributed by atoms with Crippen molar-refractivity contribution in [3.63, 3.8) is 0 Å². The maximum Gasteiger partial charge on any atom is 0.293 e. The molecule has 0 aliphatic rings. The largest absolute Gasteiger partial charge is 0.455 e. The van der Waals surface area contributed by atoms with Crippen LogP contribution in [-0.4, -0.2) is 23.5 Å². The molecule has 3 aromatic heterocycles. The average Bonchev–Trinajstić information content (AvgIpc) is 3.33. The van der Waals surface area contributed by atoms with Crippen molar-refractivity contribution in [3.05, 3.63) is 77.9 Å². The molecule has 0 aliphatic heterocycles. The maximum atomic E-state index is 13.7. The van der Waals surface area contributed by atoms with E-state index in [1.807, 2.05) is 0 Å². The van der Waals surface area contributed by atoms with Crippen LogP contribution in [0.25, 0.3) is 23.2 Å². The van der Waals surface area contributed by atoms with Crippen LogP contribution in [0.15, 0.2) is 69.7 Å². The second kappa shape index (κ2) is 7.35. The fourth-order valence-corrected chi connectivity index (χ4v) is 4.01. The van der Waals surface area contributed by atoms with Gasteiger partial charge in [0, 0.05) is 11.8 Å². The molecule has 0 amide bonds. The first-order valence-electron chi connectivity index (χ1n) is 8.28. The first-order valence-corrected chi connectivity index (χ1v) is 10.1. The molecule has 4 aromatic rings. The summed E-state index contributed by atoms with van der Waals surface area (Å²) in [6.07, 6.45) is 1.61. The van der Waals surface area contributed by atoms with Crippen LogP contribution in [0.5, 0.6) is 0 Å². The molecule has 0 spiro atoms. The Balaban J connectivity index is 1.50. The molecule has 0 unspecified atom stereocenters. The fourth-order valence-electron chi connectivity index (χ4n) is 2.61. The lowest BCUT2D eigenvalue weighted by atomic mass is 10.2. The van der Waals surface area contributed by atoms with E-state index in [1.54, 1.807) is 36.5 Å². The summed E-state index contributed by atoms with van der Waals surface area (Å²) in [6.45, 7) is 0. The summed E-state index contributed by atoms with van der Waals surface area (Å²) in [7, 11) is -3.63. The minimum atomic E-state index is -3.63. The van der Waals surface area contributed by atoms with Gasteiger partial charge in [0.15, 0.2) is 15.6 Å². The van der Waals surface area contributed by atoms with Crippen LogP contribution in [0, 0.1) is 5.82 Å². The number of rotatable bonds is 6. The summed E-state index contributed by atoms with van der Waals surface area (Å²) >= 11 is 0. The molecule has 1 aromatic carbocycles. The zero-order valence-corrected chi connectivity index (χ0v) is 15.3.